The maximum atomic E-state index is 13.6. The highest BCUT2D eigenvalue weighted by molar-refractivity contribution is 9.10. The van der Waals surface area contributed by atoms with Crippen molar-refractivity contribution < 1.29 is 14.3 Å². The molecule has 0 saturated carbocycles. The molecule has 7 heteroatoms. The molecule has 0 heterocycles. The molecule has 0 aliphatic rings. The Morgan fingerprint density at radius 3 is 2.37 bits per heavy atom. The molecule has 0 unspecified atom stereocenters. The minimum atomic E-state index is -0.707. The van der Waals surface area contributed by atoms with E-state index in [1.807, 2.05) is 75.4 Å². The molecule has 0 aliphatic heterocycles. The molecule has 5 nitrogen and oxygen atoms in total. The fourth-order valence-electron chi connectivity index (χ4n) is 3.70. The monoisotopic (exact) mass is 556 g/mol. The Kier molecular flexibility index (Phi) is 9.75. The molecule has 3 aromatic carbocycles. The fourth-order valence-corrected chi connectivity index (χ4v) is 4.27. The van der Waals surface area contributed by atoms with Gasteiger partial charge in [0, 0.05) is 28.5 Å². The third-order valence-corrected chi connectivity index (χ3v) is 6.35. The highest BCUT2D eigenvalue weighted by atomic mass is 79.9. The molecule has 184 valence electrons. The van der Waals surface area contributed by atoms with Crippen LogP contribution in [-0.2, 0) is 22.6 Å². The Hall–Kier alpha value is -2.83. The van der Waals surface area contributed by atoms with Gasteiger partial charge in [0.05, 0.1) is 0 Å². The molecule has 2 amide bonds. The predicted molar refractivity (Wildman–Crippen MR) is 144 cm³/mol. The van der Waals surface area contributed by atoms with Gasteiger partial charge in [0.25, 0.3) is 5.91 Å². The van der Waals surface area contributed by atoms with Gasteiger partial charge in [-0.3, -0.25) is 9.59 Å². The van der Waals surface area contributed by atoms with Crippen LogP contribution in [0.3, 0.4) is 0 Å². The third-order valence-electron chi connectivity index (χ3n) is 5.44. The van der Waals surface area contributed by atoms with Gasteiger partial charge in [0.15, 0.2) is 6.61 Å². The lowest BCUT2D eigenvalue weighted by molar-refractivity contribution is -0.143. The van der Waals surface area contributed by atoms with Crippen molar-refractivity contribution in [2.24, 2.45) is 0 Å². The number of carbonyl (C=O) groups excluding carboxylic acids is 2. The Morgan fingerprint density at radius 1 is 1.00 bits per heavy atom. The number of nitrogens with one attached hydrogen (secondary N) is 1. The van der Waals surface area contributed by atoms with Crippen molar-refractivity contribution in [2.75, 3.05) is 6.61 Å². The largest absolute Gasteiger partial charge is 0.484 e. The van der Waals surface area contributed by atoms with Crippen molar-refractivity contribution in [2.45, 2.75) is 45.8 Å². The minimum Gasteiger partial charge on any atom is -0.484 e. The molecule has 1 N–H and O–H groups in total. The number of benzene rings is 3. The first-order valence-electron chi connectivity index (χ1n) is 11.5. The topological polar surface area (TPSA) is 58.6 Å². The number of rotatable bonds is 10. The van der Waals surface area contributed by atoms with Crippen molar-refractivity contribution >= 4 is 39.3 Å². The molecular formula is C28H30BrClN2O3. The van der Waals surface area contributed by atoms with Gasteiger partial charge in [-0.05, 0) is 67.8 Å². The van der Waals surface area contributed by atoms with Crippen molar-refractivity contribution in [3.05, 3.63) is 99.0 Å². The zero-order valence-corrected chi connectivity index (χ0v) is 22.5. The quantitative estimate of drug-likeness (QED) is 0.335. The molecule has 0 fully saturated rings. The maximum Gasteiger partial charge on any atom is 0.261 e. The summed E-state index contributed by atoms with van der Waals surface area (Å²) in [5.74, 6) is 0.0702. The van der Waals surface area contributed by atoms with E-state index in [4.69, 9.17) is 16.3 Å². The first kappa shape index (κ1) is 26.8. The Balaban J connectivity index is 1.91. The zero-order valence-electron chi connectivity index (χ0n) is 20.1. The van der Waals surface area contributed by atoms with Crippen LogP contribution in [0, 0.1) is 6.92 Å². The smallest absolute Gasteiger partial charge is 0.261 e. The summed E-state index contributed by atoms with van der Waals surface area (Å²) in [5.41, 5.74) is 2.74. The van der Waals surface area contributed by atoms with Gasteiger partial charge in [-0.1, -0.05) is 70.0 Å². The number of hydrogen-bond donors (Lipinski definition) is 1. The van der Waals surface area contributed by atoms with Crippen LogP contribution in [0.4, 0.5) is 0 Å². The number of amides is 2. The van der Waals surface area contributed by atoms with Crippen LogP contribution in [0.2, 0.25) is 5.02 Å². The third kappa shape index (κ3) is 8.11. The number of carbonyl (C=O) groups is 2. The van der Waals surface area contributed by atoms with E-state index in [0.717, 1.165) is 21.2 Å². The van der Waals surface area contributed by atoms with E-state index < -0.39 is 6.04 Å². The van der Waals surface area contributed by atoms with Crippen LogP contribution in [-0.4, -0.2) is 35.4 Å². The summed E-state index contributed by atoms with van der Waals surface area (Å²) in [6, 6.07) is 21.9. The van der Waals surface area contributed by atoms with Crippen molar-refractivity contribution in [3.63, 3.8) is 0 Å². The summed E-state index contributed by atoms with van der Waals surface area (Å²) in [5, 5.41) is 3.62. The van der Waals surface area contributed by atoms with E-state index in [-0.39, 0.29) is 31.0 Å². The maximum absolute atomic E-state index is 13.6. The number of halogens is 2. The minimum absolute atomic E-state index is 0.0584. The lowest BCUT2D eigenvalue weighted by atomic mass is 10.0. The van der Waals surface area contributed by atoms with Crippen LogP contribution in [0.25, 0.3) is 0 Å². The van der Waals surface area contributed by atoms with Gasteiger partial charge >= 0.3 is 0 Å². The Labute approximate surface area is 220 Å². The van der Waals surface area contributed by atoms with Crippen LogP contribution in [0.15, 0.2) is 77.3 Å². The SMILES string of the molecule is Cc1cc(OCC(=O)N(Cc2cccc(Br)c2)[C@H](Cc2ccccc2)C(=O)NC(C)C)ccc1Cl. The molecule has 0 saturated heterocycles. The second-order valence-corrected chi connectivity index (χ2v) is 10.0. The molecule has 0 aliphatic carbocycles. The summed E-state index contributed by atoms with van der Waals surface area (Å²) in [6.07, 6.45) is 0.388. The lowest BCUT2D eigenvalue weighted by Gasteiger charge is -2.32. The molecular weight excluding hydrogens is 528 g/mol. The number of nitrogens with zero attached hydrogens (tertiary/aromatic N) is 1. The van der Waals surface area contributed by atoms with Crippen LogP contribution in [0.5, 0.6) is 5.75 Å². The van der Waals surface area contributed by atoms with Crippen molar-refractivity contribution in [1.82, 2.24) is 10.2 Å². The fraction of sp³-hybridized carbons (Fsp3) is 0.286. The number of ether oxygens (including phenoxy) is 1. The Morgan fingerprint density at radius 2 is 1.71 bits per heavy atom. The first-order chi connectivity index (χ1) is 16.7. The van der Waals surface area contributed by atoms with E-state index in [1.54, 1.807) is 23.1 Å². The highest BCUT2D eigenvalue weighted by Crippen LogP contribution is 2.22. The number of hydrogen-bond acceptors (Lipinski definition) is 3. The molecule has 0 spiro atoms. The molecule has 3 aromatic rings. The summed E-state index contributed by atoms with van der Waals surface area (Å²) < 4.78 is 6.72. The summed E-state index contributed by atoms with van der Waals surface area (Å²) in [6.45, 7) is 5.76. The molecule has 3 rings (SSSR count). The van der Waals surface area contributed by atoms with Crippen LogP contribution in [0.1, 0.15) is 30.5 Å². The van der Waals surface area contributed by atoms with Gasteiger partial charge < -0.3 is 15.0 Å². The lowest BCUT2D eigenvalue weighted by Crippen LogP contribution is -2.52. The molecule has 0 bridgehead atoms. The van der Waals surface area contributed by atoms with E-state index in [2.05, 4.69) is 21.2 Å². The van der Waals surface area contributed by atoms with Gasteiger partial charge in [0.1, 0.15) is 11.8 Å². The molecule has 0 aromatic heterocycles. The van der Waals surface area contributed by atoms with Gasteiger partial charge in [-0.25, -0.2) is 0 Å². The average molecular weight is 558 g/mol. The summed E-state index contributed by atoms with van der Waals surface area (Å²) >= 11 is 9.61. The standard InChI is InChI=1S/C28H30BrClN2O3/c1-19(2)31-28(34)26(16-21-8-5-4-6-9-21)32(17-22-10-7-11-23(29)15-22)27(33)18-35-24-12-13-25(30)20(3)14-24/h4-15,19,26H,16-18H2,1-3H3,(H,31,34)/t26-/m1/s1. The highest BCUT2D eigenvalue weighted by Gasteiger charge is 2.31. The Bertz CT molecular complexity index is 1150. The number of aryl methyl sites for hydroxylation is 1. The molecule has 35 heavy (non-hydrogen) atoms. The van der Waals surface area contributed by atoms with Gasteiger partial charge in [0.2, 0.25) is 5.91 Å². The van der Waals surface area contributed by atoms with Gasteiger partial charge in [-0.2, -0.15) is 0 Å². The second kappa shape index (κ2) is 12.8. The van der Waals surface area contributed by atoms with E-state index in [1.165, 1.54) is 0 Å². The summed E-state index contributed by atoms with van der Waals surface area (Å²) in [7, 11) is 0. The first-order valence-corrected chi connectivity index (χ1v) is 12.7. The van der Waals surface area contributed by atoms with E-state index in [0.29, 0.717) is 17.2 Å². The normalized spacial score (nSPS) is 11.7. The second-order valence-electron chi connectivity index (χ2n) is 8.72. The summed E-state index contributed by atoms with van der Waals surface area (Å²) in [4.78, 5) is 28.5. The van der Waals surface area contributed by atoms with E-state index >= 15 is 0 Å². The van der Waals surface area contributed by atoms with E-state index in [9.17, 15) is 9.59 Å². The predicted octanol–water partition coefficient (Wildman–Crippen LogP) is 5.95. The van der Waals surface area contributed by atoms with Crippen molar-refractivity contribution in [3.8, 4) is 5.75 Å². The molecule has 0 radical (unpaired) electrons. The van der Waals surface area contributed by atoms with Crippen molar-refractivity contribution in [1.29, 1.82) is 0 Å². The molecule has 1 atom stereocenters. The van der Waals surface area contributed by atoms with Gasteiger partial charge in [-0.15, -0.1) is 0 Å². The van der Waals surface area contributed by atoms with Crippen LogP contribution >= 0.6 is 27.5 Å². The van der Waals surface area contributed by atoms with Crippen LogP contribution < -0.4 is 10.1 Å². The zero-order chi connectivity index (χ0) is 25.4. The average Bonchev–Trinajstić information content (AvgIpc) is 2.82.